The van der Waals surface area contributed by atoms with Gasteiger partial charge in [-0.15, -0.1) is 0 Å². The number of aromatic amines is 1. The summed E-state index contributed by atoms with van der Waals surface area (Å²) in [6.45, 7) is 16.8. The predicted octanol–water partition coefficient (Wildman–Crippen LogP) is 5.89. The van der Waals surface area contributed by atoms with Crippen molar-refractivity contribution in [3.05, 3.63) is 53.6 Å². The third kappa shape index (κ3) is 13.5. The van der Waals surface area contributed by atoms with Gasteiger partial charge in [-0.3, -0.25) is 28.9 Å². The summed E-state index contributed by atoms with van der Waals surface area (Å²) >= 11 is 0. The van der Waals surface area contributed by atoms with Crippen LogP contribution in [0.3, 0.4) is 0 Å². The maximum absolute atomic E-state index is 14.4. The zero-order valence-corrected chi connectivity index (χ0v) is 38.8. The van der Waals surface area contributed by atoms with E-state index in [1.54, 1.807) is 38.6 Å². The molecule has 1 aromatic carbocycles. The normalized spacial score (nSPS) is 18.5. The first-order chi connectivity index (χ1) is 28.4. The molecular formula is C47H76N6O7. The number of amides is 3. The van der Waals surface area contributed by atoms with E-state index in [0.717, 1.165) is 24.0 Å². The Bertz CT molecular complexity index is 1650. The number of hydrogen-bond acceptors (Lipinski definition) is 9. The minimum absolute atomic E-state index is 0.00708. The van der Waals surface area contributed by atoms with E-state index >= 15 is 0 Å². The number of Topliss-reactive ketones (excluding diaryl/α,β-unsaturated/α-hetero) is 2. The minimum atomic E-state index is -0.659. The number of imidazole rings is 1. The Hall–Kier alpha value is -3.94. The summed E-state index contributed by atoms with van der Waals surface area (Å²) in [5, 5.41) is 3.02. The number of nitrogens with one attached hydrogen (secondary N) is 2. The molecule has 0 spiro atoms. The monoisotopic (exact) mass is 837 g/mol. The fourth-order valence-electron chi connectivity index (χ4n) is 9.17. The number of benzene rings is 1. The number of ether oxygens (including phenoxy) is 2. The number of likely N-dealkylation sites (N-methyl/N-ethyl adjacent to an activating group) is 2. The van der Waals surface area contributed by atoms with Crippen molar-refractivity contribution in [2.75, 3.05) is 41.9 Å². The summed E-state index contributed by atoms with van der Waals surface area (Å²) in [5.41, 5.74) is 2.09. The van der Waals surface area contributed by atoms with Gasteiger partial charge in [-0.25, -0.2) is 4.98 Å². The van der Waals surface area contributed by atoms with Crippen molar-refractivity contribution in [1.29, 1.82) is 0 Å². The number of methoxy groups -OCH3 is 2. The second kappa shape index (κ2) is 23.9. The van der Waals surface area contributed by atoms with Crippen LogP contribution in [0, 0.1) is 42.4 Å². The van der Waals surface area contributed by atoms with Crippen molar-refractivity contribution in [2.24, 2.45) is 35.5 Å². The van der Waals surface area contributed by atoms with Gasteiger partial charge in [0.05, 0.1) is 42.7 Å². The van der Waals surface area contributed by atoms with Crippen LogP contribution in [0.2, 0.25) is 0 Å². The summed E-state index contributed by atoms with van der Waals surface area (Å²) in [6, 6.07) is 6.86. The van der Waals surface area contributed by atoms with E-state index in [9.17, 15) is 24.0 Å². The van der Waals surface area contributed by atoms with Crippen LogP contribution in [0.25, 0.3) is 0 Å². The molecule has 2 aromatic rings. The Labute approximate surface area is 360 Å². The fraction of sp³-hybridized carbons (Fsp3) is 0.702. The van der Waals surface area contributed by atoms with Crippen LogP contribution in [-0.4, -0.2) is 126 Å². The molecule has 1 fully saturated rings. The molecule has 336 valence electrons. The van der Waals surface area contributed by atoms with E-state index in [0.29, 0.717) is 25.3 Å². The summed E-state index contributed by atoms with van der Waals surface area (Å²) in [5.74, 6) is -1.72. The molecule has 0 aliphatic carbocycles. The van der Waals surface area contributed by atoms with Crippen LogP contribution in [-0.2, 0) is 46.4 Å². The highest BCUT2D eigenvalue weighted by Crippen LogP contribution is 2.32. The van der Waals surface area contributed by atoms with Gasteiger partial charge in [-0.05, 0) is 57.2 Å². The molecule has 0 bridgehead atoms. The van der Waals surface area contributed by atoms with Crippen molar-refractivity contribution < 1.29 is 33.4 Å². The Kier molecular flexibility index (Phi) is 20.1. The maximum Gasteiger partial charge on any atom is 0.226 e. The topological polar surface area (TPSA) is 154 Å². The highest BCUT2D eigenvalue weighted by molar-refractivity contribution is 5.90. The quantitative estimate of drug-likeness (QED) is 0.125. The van der Waals surface area contributed by atoms with Gasteiger partial charge in [0.15, 0.2) is 5.78 Å². The number of aromatic nitrogens is 2. The van der Waals surface area contributed by atoms with E-state index in [2.05, 4.69) is 29.1 Å². The van der Waals surface area contributed by atoms with Gasteiger partial charge < -0.3 is 29.6 Å². The highest BCUT2D eigenvalue weighted by atomic mass is 16.5. The molecule has 1 aliphatic heterocycles. The van der Waals surface area contributed by atoms with Crippen molar-refractivity contribution in [1.82, 2.24) is 30.0 Å². The number of hydrogen-bond donors (Lipinski definition) is 2. The van der Waals surface area contributed by atoms with Gasteiger partial charge in [-0.1, -0.05) is 84.7 Å². The Balaban J connectivity index is 1.78. The summed E-state index contributed by atoms with van der Waals surface area (Å²) in [7, 11) is 8.71. The molecule has 0 saturated carbocycles. The number of aryl methyl sites for hydroxylation is 1. The molecule has 1 saturated heterocycles. The number of ketones is 2. The van der Waals surface area contributed by atoms with E-state index in [4.69, 9.17) is 9.47 Å². The zero-order valence-electron chi connectivity index (χ0n) is 38.8. The lowest BCUT2D eigenvalue weighted by atomic mass is 9.83. The molecule has 2 N–H and O–H groups in total. The third-order valence-corrected chi connectivity index (χ3v) is 12.8. The molecular weight excluding hydrogens is 761 g/mol. The summed E-state index contributed by atoms with van der Waals surface area (Å²) < 4.78 is 12.1. The van der Waals surface area contributed by atoms with Crippen LogP contribution < -0.4 is 5.32 Å². The molecule has 0 unspecified atom stereocenters. The van der Waals surface area contributed by atoms with Crippen LogP contribution in [0.5, 0.6) is 0 Å². The van der Waals surface area contributed by atoms with Crippen LogP contribution in [0.4, 0.5) is 0 Å². The first-order valence-electron chi connectivity index (χ1n) is 22.0. The maximum atomic E-state index is 14.4. The van der Waals surface area contributed by atoms with Gasteiger partial charge in [-0.2, -0.15) is 0 Å². The number of nitrogens with zero attached hydrogens (tertiary/aromatic N) is 4. The molecule has 0 radical (unpaired) electrons. The van der Waals surface area contributed by atoms with Crippen molar-refractivity contribution >= 4 is 29.3 Å². The first kappa shape index (κ1) is 50.4. The van der Waals surface area contributed by atoms with Gasteiger partial charge in [0.25, 0.3) is 0 Å². The average Bonchev–Trinajstić information content (AvgIpc) is 3.91. The number of carbonyl (C=O) groups is 5. The SMILES string of the molecule is CC[C@H](C)[C@@H]([C@@H](CC(=O)N1CCC[C@H]1[C@H](OC)[C@@H](C)C(=O)C[C@@H](Cc1ncc[nH]1)C(=O)NCc1ccc(C)cc1)OC)N(C)C(=O)[C@@H](CC(=O)[C@H](C(C)C)N(C)C)C(C)C. The lowest BCUT2D eigenvalue weighted by Crippen LogP contribution is -2.54. The van der Waals surface area contributed by atoms with Gasteiger partial charge in [0, 0.05) is 77.8 Å². The zero-order chi connectivity index (χ0) is 44.8. The van der Waals surface area contributed by atoms with Crippen molar-refractivity contribution in [2.45, 2.75) is 137 Å². The van der Waals surface area contributed by atoms with Crippen molar-refractivity contribution in [3.8, 4) is 0 Å². The molecule has 9 atom stereocenters. The Morgan fingerprint density at radius 1 is 0.917 bits per heavy atom. The molecule has 60 heavy (non-hydrogen) atoms. The van der Waals surface area contributed by atoms with Gasteiger partial charge in [0.2, 0.25) is 17.7 Å². The lowest BCUT2D eigenvalue weighted by Gasteiger charge is -2.41. The Morgan fingerprint density at radius 2 is 1.58 bits per heavy atom. The average molecular weight is 837 g/mol. The number of H-pyrrole nitrogens is 1. The number of carbonyl (C=O) groups excluding carboxylic acids is 5. The molecule has 3 amide bonds. The predicted molar refractivity (Wildman–Crippen MR) is 235 cm³/mol. The second-order valence-electron chi connectivity index (χ2n) is 18.1. The molecule has 13 heteroatoms. The fourth-order valence-corrected chi connectivity index (χ4v) is 9.17. The van der Waals surface area contributed by atoms with E-state index in [1.807, 2.05) is 89.7 Å². The summed E-state index contributed by atoms with van der Waals surface area (Å²) in [6.07, 6.45) is 4.70. The third-order valence-electron chi connectivity index (χ3n) is 12.8. The van der Waals surface area contributed by atoms with E-state index in [1.165, 1.54) is 0 Å². The van der Waals surface area contributed by atoms with Gasteiger partial charge >= 0.3 is 0 Å². The smallest absolute Gasteiger partial charge is 0.226 e. The van der Waals surface area contributed by atoms with E-state index < -0.39 is 36.0 Å². The number of likely N-dealkylation sites (tertiary alicyclic amines) is 1. The second-order valence-corrected chi connectivity index (χ2v) is 18.1. The van der Waals surface area contributed by atoms with Crippen LogP contribution in [0.15, 0.2) is 36.7 Å². The molecule has 13 nitrogen and oxygen atoms in total. The molecule has 1 aromatic heterocycles. The molecule has 2 heterocycles. The lowest BCUT2D eigenvalue weighted by molar-refractivity contribution is -0.149. The van der Waals surface area contributed by atoms with E-state index in [-0.39, 0.29) is 84.8 Å². The van der Waals surface area contributed by atoms with Gasteiger partial charge in [0.1, 0.15) is 11.6 Å². The highest BCUT2D eigenvalue weighted by Gasteiger charge is 2.43. The minimum Gasteiger partial charge on any atom is -0.379 e. The van der Waals surface area contributed by atoms with Crippen LogP contribution in [0.1, 0.15) is 104 Å². The summed E-state index contributed by atoms with van der Waals surface area (Å²) in [4.78, 5) is 82.9. The standard InChI is InChI=1S/C47H76N6O7/c1-14-32(7)44(52(11)47(58)36(29(2)3)26-39(55)43(30(4)5)51(9)10)40(59-12)27-42(56)53-23-15-16-37(53)45(60-13)33(8)38(54)24-35(25-41-48-21-22-49-41)46(57)50-28-34-19-17-31(6)18-20-34/h17-22,29-30,32-33,35-37,40,43-45H,14-16,23-28H2,1-13H3,(H,48,49)(H,50,57)/t32-,33-,35-,36-,37-,40+,43-,44-,45+/m0/s1. The van der Waals surface area contributed by atoms with Crippen molar-refractivity contribution in [3.63, 3.8) is 0 Å². The largest absolute Gasteiger partial charge is 0.379 e. The molecule has 1 aliphatic rings. The Morgan fingerprint density at radius 3 is 2.12 bits per heavy atom. The first-order valence-corrected chi connectivity index (χ1v) is 22.0. The molecule has 3 rings (SSSR count). The number of rotatable bonds is 25. The van der Waals surface area contributed by atoms with Crippen LogP contribution >= 0.6 is 0 Å².